The Morgan fingerprint density at radius 1 is 1.21 bits per heavy atom. The summed E-state index contributed by atoms with van der Waals surface area (Å²) < 4.78 is 52.3. The van der Waals surface area contributed by atoms with Gasteiger partial charge in [0, 0.05) is 43.6 Å². The summed E-state index contributed by atoms with van der Waals surface area (Å²) in [6.07, 6.45) is 2.72. The molecule has 6 nitrogen and oxygen atoms in total. The highest BCUT2D eigenvalue weighted by Crippen LogP contribution is 2.49. The Labute approximate surface area is 188 Å². The molecule has 1 saturated heterocycles. The second-order valence-electron chi connectivity index (χ2n) is 8.13. The Morgan fingerprint density at radius 2 is 1.97 bits per heavy atom. The van der Waals surface area contributed by atoms with Crippen LogP contribution in [0.2, 0.25) is 0 Å². The molecule has 0 N–H and O–H groups in total. The van der Waals surface area contributed by atoms with E-state index in [0.29, 0.717) is 43.8 Å². The maximum Gasteiger partial charge on any atom is 0.387 e. The van der Waals surface area contributed by atoms with E-state index in [1.807, 2.05) is 11.6 Å². The first kappa shape index (κ1) is 21.4. The van der Waals surface area contributed by atoms with Gasteiger partial charge < -0.3 is 14.4 Å². The number of rotatable bonds is 4. The van der Waals surface area contributed by atoms with Crippen LogP contribution in [0.1, 0.15) is 35.7 Å². The number of nitrogens with zero attached hydrogens (tertiary/aromatic N) is 3. The first-order valence-corrected chi connectivity index (χ1v) is 10.8. The number of piperidine rings is 1. The molecule has 3 heterocycles. The predicted molar refractivity (Wildman–Crippen MR) is 114 cm³/mol. The fourth-order valence-electron chi connectivity index (χ4n) is 4.74. The first-order valence-electron chi connectivity index (χ1n) is 10.8. The average Bonchev–Trinajstić information content (AvgIpc) is 3.25. The van der Waals surface area contributed by atoms with Crippen molar-refractivity contribution in [1.29, 1.82) is 0 Å². The topological polar surface area (TPSA) is 56.6 Å². The summed E-state index contributed by atoms with van der Waals surface area (Å²) in [6.45, 7) is 0.281. The summed E-state index contributed by atoms with van der Waals surface area (Å²) >= 11 is 0. The lowest BCUT2D eigenvalue weighted by Gasteiger charge is -2.44. The highest BCUT2D eigenvalue weighted by molar-refractivity contribution is 5.97. The Balaban J connectivity index is 1.43. The predicted octanol–water partition coefficient (Wildman–Crippen LogP) is 4.83. The van der Waals surface area contributed by atoms with E-state index in [9.17, 15) is 18.0 Å². The van der Waals surface area contributed by atoms with Crippen LogP contribution in [0, 0.1) is 5.82 Å². The summed E-state index contributed by atoms with van der Waals surface area (Å²) in [4.78, 5) is 14.7. The van der Waals surface area contributed by atoms with Crippen molar-refractivity contribution in [2.24, 2.45) is 0 Å². The minimum atomic E-state index is -3.02. The molecule has 0 atom stereocenters. The van der Waals surface area contributed by atoms with Gasteiger partial charge in [-0.15, -0.1) is 0 Å². The molecule has 0 aliphatic carbocycles. The van der Waals surface area contributed by atoms with Crippen molar-refractivity contribution in [3.8, 4) is 22.8 Å². The molecule has 33 heavy (non-hydrogen) atoms. The van der Waals surface area contributed by atoms with Gasteiger partial charge in [-0.25, -0.2) is 4.39 Å². The third-order valence-corrected chi connectivity index (χ3v) is 6.32. The number of hydrogen-bond donors (Lipinski definition) is 0. The second kappa shape index (κ2) is 8.13. The number of amides is 1. The average molecular weight is 457 g/mol. The van der Waals surface area contributed by atoms with Crippen LogP contribution in [0.15, 0.2) is 48.7 Å². The number of benzene rings is 2. The van der Waals surface area contributed by atoms with Crippen molar-refractivity contribution in [2.75, 3.05) is 13.1 Å². The summed E-state index contributed by atoms with van der Waals surface area (Å²) in [5.41, 5.74) is 1.75. The third kappa shape index (κ3) is 3.61. The summed E-state index contributed by atoms with van der Waals surface area (Å²) in [7, 11) is 0. The van der Waals surface area contributed by atoms with E-state index in [1.54, 1.807) is 29.3 Å². The molecule has 1 fully saturated rings. The van der Waals surface area contributed by atoms with Crippen molar-refractivity contribution in [1.82, 2.24) is 14.7 Å². The van der Waals surface area contributed by atoms with E-state index in [0.717, 1.165) is 11.3 Å². The smallest absolute Gasteiger partial charge is 0.387 e. The summed E-state index contributed by atoms with van der Waals surface area (Å²) in [6, 6.07) is 10.4. The fraction of sp³-hybridized carbons (Fsp3) is 0.333. The largest absolute Gasteiger partial charge is 0.482 e. The lowest BCUT2D eigenvalue weighted by atomic mass is 9.81. The Morgan fingerprint density at radius 3 is 2.70 bits per heavy atom. The number of likely N-dealkylation sites (tertiary alicyclic amines) is 1. The van der Waals surface area contributed by atoms with Crippen LogP contribution < -0.4 is 9.47 Å². The number of carbonyl (C=O) groups excluding carboxylic acids is 1. The zero-order valence-electron chi connectivity index (χ0n) is 17.9. The Bertz CT molecular complexity index is 1200. The molecule has 2 aliphatic rings. The van der Waals surface area contributed by atoms with Gasteiger partial charge in [-0.3, -0.25) is 9.48 Å². The van der Waals surface area contributed by atoms with Crippen molar-refractivity contribution < 1.29 is 27.4 Å². The molecule has 2 aliphatic heterocycles. The lowest BCUT2D eigenvalue weighted by Crippen LogP contribution is -2.49. The lowest BCUT2D eigenvalue weighted by molar-refractivity contribution is -0.0504. The molecule has 1 aromatic heterocycles. The first-order chi connectivity index (χ1) is 15.9. The molecule has 2 aromatic carbocycles. The quantitative estimate of drug-likeness (QED) is 0.563. The standard InChI is InChI=1S/C24H22F3N3O3/c1-2-30-21-17-13-15(25)7-8-20(17)33-24(18(21)14-28-30)9-11-29(12-10-24)22(31)16-5-3-4-6-19(16)32-23(26)27/h3-8,13-14,23H,2,9-12H2,1H3. The Hall–Kier alpha value is -3.49. The van der Waals surface area contributed by atoms with Crippen LogP contribution in [-0.4, -0.2) is 40.3 Å². The SMILES string of the molecule is CCn1ncc2c1-c1cc(F)ccc1OC21CCN(C(=O)c2ccccc2OC(F)F)CC1. The number of alkyl halides is 2. The van der Waals surface area contributed by atoms with Gasteiger partial charge in [0.2, 0.25) is 0 Å². The van der Waals surface area contributed by atoms with Gasteiger partial charge in [0.25, 0.3) is 5.91 Å². The summed E-state index contributed by atoms with van der Waals surface area (Å²) in [5.74, 6) is -0.291. The minimum absolute atomic E-state index is 0.0959. The molecule has 0 unspecified atom stereocenters. The fourth-order valence-corrected chi connectivity index (χ4v) is 4.74. The van der Waals surface area contributed by atoms with Gasteiger partial charge in [-0.05, 0) is 37.3 Å². The van der Waals surface area contributed by atoms with Crippen LogP contribution in [0.5, 0.6) is 11.5 Å². The molecule has 172 valence electrons. The molecule has 0 radical (unpaired) electrons. The van der Waals surface area contributed by atoms with Gasteiger partial charge in [0.15, 0.2) is 0 Å². The van der Waals surface area contributed by atoms with Gasteiger partial charge >= 0.3 is 6.61 Å². The number of halogens is 3. The second-order valence-corrected chi connectivity index (χ2v) is 8.13. The van der Waals surface area contributed by atoms with E-state index in [-0.39, 0.29) is 23.0 Å². The minimum Gasteiger partial charge on any atom is -0.482 e. The number of aromatic nitrogens is 2. The number of fused-ring (bicyclic) bond motifs is 4. The third-order valence-electron chi connectivity index (χ3n) is 6.32. The molecular weight excluding hydrogens is 435 g/mol. The Kier molecular flexibility index (Phi) is 5.26. The van der Waals surface area contributed by atoms with Crippen LogP contribution in [0.4, 0.5) is 13.2 Å². The van der Waals surface area contributed by atoms with Crippen LogP contribution in [0.3, 0.4) is 0 Å². The normalized spacial score (nSPS) is 16.3. The summed E-state index contributed by atoms with van der Waals surface area (Å²) in [5, 5.41) is 4.48. The van der Waals surface area contributed by atoms with Gasteiger partial charge in [0.05, 0.1) is 17.5 Å². The van der Waals surface area contributed by atoms with E-state index < -0.39 is 12.2 Å². The van der Waals surface area contributed by atoms with E-state index in [4.69, 9.17) is 4.74 Å². The van der Waals surface area contributed by atoms with Gasteiger partial charge in [-0.2, -0.15) is 13.9 Å². The molecule has 1 spiro atoms. The van der Waals surface area contributed by atoms with E-state index >= 15 is 0 Å². The molecule has 5 rings (SSSR count). The molecular formula is C24H22F3N3O3. The molecule has 9 heteroatoms. The number of para-hydroxylation sites is 1. The maximum atomic E-state index is 14.0. The van der Waals surface area contributed by atoms with E-state index in [1.165, 1.54) is 24.3 Å². The zero-order chi connectivity index (χ0) is 23.2. The van der Waals surface area contributed by atoms with Crippen LogP contribution >= 0.6 is 0 Å². The highest BCUT2D eigenvalue weighted by Gasteiger charge is 2.46. The van der Waals surface area contributed by atoms with Crippen molar-refractivity contribution in [3.63, 3.8) is 0 Å². The van der Waals surface area contributed by atoms with Gasteiger partial charge in [-0.1, -0.05) is 12.1 Å². The van der Waals surface area contributed by atoms with Crippen molar-refractivity contribution in [3.05, 3.63) is 65.6 Å². The molecule has 0 bridgehead atoms. The van der Waals surface area contributed by atoms with E-state index in [2.05, 4.69) is 9.84 Å². The van der Waals surface area contributed by atoms with Crippen LogP contribution in [0.25, 0.3) is 11.3 Å². The number of carbonyl (C=O) groups is 1. The van der Waals surface area contributed by atoms with Gasteiger partial charge in [0.1, 0.15) is 22.9 Å². The molecule has 1 amide bonds. The highest BCUT2D eigenvalue weighted by atomic mass is 19.3. The monoisotopic (exact) mass is 457 g/mol. The maximum absolute atomic E-state index is 14.0. The molecule has 3 aromatic rings. The molecule has 0 saturated carbocycles. The zero-order valence-corrected chi connectivity index (χ0v) is 17.9. The van der Waals surface area contributed by atoms with Crippen molar-refractivity contribution >= 4 is 5.91 Å². The number of hydrogen-bond acceptors (Lipinski definition) is 4. The number of aryl methyl sites for hydroxylation is 1. The van der Waals surface area contributed by atoms with Crippen LogP contribution in [-0.2, 0) is 12.1 Å². The van der Waals surface area contributed by atoms with Crippen molar-refractivity contribution in [2.45, 2.75) is 38.5 Å². The number of ether oxygens (including phenoxy) is 2.